The molecule has 0 saturated carbocycles. The van der Waals surface area contributed by atoms with Gasteiger partial charge in [0.2, 0.25) is 11.9 Å². The number of aromatic nitrogens is 2. The fourth-order valence-corrected chi connectivity index (χ4v) is 4.21. The van der Waals surface area contributed by atoms with Crippen molar-refractivity contribution in [2.24, 2.45) is 0 Å². The third-order valence-corrected chi connectivity index (χ3v) is 6.35. The lowest BCUT2D eigenvalue weighted by atomic mass is 10.0. The summed E-state index contributed by atoms with van der Waals surface area (Å²) in [5.74, 6) is 0.220. The van der Waals surface area contributed by atoms with Gasteiger partial charge in [-0.2, -0.15) is 0 Å². The number of hydrogen-bond donors (Lipinski definition) is 3. The zero-order chi connectivity index (χ0) is 25.1. The minimum absolute atomic E-state index is 0.0895. The topological polar surface area (TPSA) is 96.0 Å². The molecule has 2 amide bonds. The van der Waals surface area contributed by atoms with Crippen LogP contribution in [0, 0.1) is 13.8 Å². The molecule has 0 aliphatic carbocycles. The first kappa shape index (κ1) is 23.2. The van der Waals surface area contributed by atoms with Crippen LogP contribution >= 0.6 is 0 Å². The molecule has 1 aliphatic heterocycles. The molecule has 180 valence electrons. The van der Waals surface area contributed by atoms with E-state index in [1.54, 1.807) is 18.3 Å². The second-order valence-electron chi connectivity index (χ2n) is 8.96. The highest BCUT2D eigenvalue weighted by Crippen LogP contribution is 2.32. The molecule has 4 aromatic rings. The third-order valence-electron chi connectivity index (χ3n) is 6.35. The number of amides is 2. The molecule has 0 unspecified atom stereocenters. The molecular formula is C29H27N5O2. The molecule has 1 aromatic heterocycles. The Morgan fingerprint density at radius 3 is 2.61 bits per heavy atom. The van der Waals surface area contributed by atoms with Gasteiger partial charge >= 0.3 is 0 Å². The van der Waals surface area contributed by atoms with E-state index in [2.05, 4.69) is 58.0 Å². The minimum atomic E-state index is -0.111. The first-order valence-electron chi connectivity index (χ1n) is 11.9. The zero-order valence-electron chi connectivity index (χ0n) is 20.3. The van der Waals surface area contributed by atoms with E-state index >= 15 is 0 Å². The molecule has 36 heavy (non-hydrogen) atoms. The standard InChI is InChI=1S/C29H27N5O2/c1-18-7-8-20(15-19(18)2)13-14-30-28(36)21-9-11-23(12-10-21)32-29-31-17-22-16-26(35)33-25-6-4-3-5-24(25)27(22)34-29/h3-12,15,17H,13-14,16H2,1-2H3,(H,30,36)(H,33,35)(H,31,32,34). The average Bonchev–Trinajstić information content (AvgIpc) is 3.02. The van der Waals surface area contributed by atoms with Gasteiger partial charge in [0.25, 0.3) is 5.91 Å². The van der Waals surface area contributed by atoms with Crippen molar-refractivity contribution in [1.82, 2.24) is 15.3 Å². The Kier molecular flexibility index (Phi) is 6.45. The summed E-state index contributed by atoms with van der Waals surface area (Å²) in [6, 6.07) is 21.2. The van der Waals surface area contributed by atoms with Crippen LogP contribution in [0.4, 0.5) is 17.3 Å². The number of anilines is 3. The summed E-state index contributed by atoms with van der Waals surface area (Å²) in [6.07, 6.45) is 2.69. The number of fused-ring (bicyclic) bond motifs is 3. The van der Waals surface area contributed by atoms with E-state index < -0.39 is 0 Å². The Morgan fingerprint density at radius 2 is 1.81 bits per heavy atom. The van der Waals surface area contributed by atoms with Crippen LogP contribution in [-0.2, 0) is 17.6 Å². The van der Waals surface area contributed by atoms with Gasteiger partial charge in [-0.3, -0.25) is 9.59 Å². The van der Waals surface area contributed by atoms with E-state index in [4.69, 9.17) is 0 Å². The normalized spacial score (nSPS) is 12.1. The number of carbonyl (C=O) groups is 2. The van der Waals surface area contributed by atoms with Crippen molar-refractivity contribution < 1.29 is 9.59 Å². The smallest absolute Gasteiger partial charge is 0.251 e. The highest BCUT2D eigenvalue weighted by atomic mass is 16.2. The summed E-state index contributed by atoms with van der Waals surface area (Å²) < 4.78 is 0. The van der Waals surface area contributed by atoms with Crippen molar-refractivity contribution >= 4 is 29.1 Å². The summed E-state index contributed by atoms with van der Waals surface area (Å²) in [5.41, 5.74) is 8.17. The first-order chi connectivity index (χ1) is 17.5. The molecule has 3 N–H and O–H groups in total. The van der Waals surface area contributed by atoms with Crippen LogP contribution in [0.25, 0.3) is 11.3 Å². The molecule has 0 bridgehead atoms. The number of nitrogens with one attached hydrogen (secondary N) is 3. The number of carbonyl (C=O) groups excluding carboxylic acids is 2. The molecule has 0 radical (unpaired) electrons. The van der Waals surface area contributed by atoms with E-state index in [1.807, 2.05) is 36.4 Å². The Hall–Kier alpha value is -4.52. The molecule has 5 rings (SSSR count). The number of nitrogens with zero attached hydrogens (tertiary/aromatic N) is 2. The van der Waals surface area contributed by atoms with Crippen molar-refractivity contribution in [3.63, 3.8) is 0 Å². The fraction of sp³-hybridized carbons (Fsp3) is 0.172. The Balaban J connectivity index is 1.24. The Labute approximate surface area is 210 Å². The van der Waals surface area contributed by atoms with Crippen LogP contribution in [0.2, 0.25) is 0 Å². The van der Waals surface area contributed by atoms with Gasteiger partial charge in [0.05, 0.1) is 17.8 Å². The van der Waals surface area contributed by atoms with Crippen LogP contribution in [0.1, 0.15) is 32.6 Å². The maximum absolute atomic E-state index is 12.6. The monoisotopic (exact) mass is 477 g/mol. The lowest BCUT2D eigenvalue weighted by molar-refractivity contribution is -0.115. The molecule has 0 atom stereocenters. The molecule has 1 aliphatic rings. The quantitative estimate of drug-likeness (QED) is 0.364. The summed E-state index contributed by atoms with van der Waals surface area (Å²) in [7, 11) is 0. The van der Waals surface area contributed by atoms with Crippen LogP contribution in [-0.4, -0.2) is 28.3 Å². The number of hydrogen-bond acceptors (Lipinski definition) is 5. The van der Waals surface area contributed by atoms with Crippen LogP contribution < -0.4 is 16.0 Å². The lowest BCUT2D eigenvalue weighted by Gasteiger charge is -2.11. The van der Waals surface area contributed by atoms with Crippen molar-refractivity contribution in [3.05, 3.63) is 101 Å². The average molecular weight is 478 g/mol. The first-order valence-corrected chi connectivity index (χ1v) is 11.9. The lowest BCUT2D eigenvalue weighted by Crippen LogP contribution is -2.25. The van der Waals surface area contributed by atoms with Gasteiger partial charge in [0.15, 0.2) is 0 Å². The van der Waals surface area contributed by atoms with Gasteiger partial charge in [0, 0.05) is 35.1 Å². The molecule has 7 heteroatoms. The molecule has 2 heterocycles. The highest BCUT2D eigenvalue weighted by molar-refractivity contribution is 6.00. The van der Waals surface area contributed by atoms with E-state index in [-0.39, 0.29) is 18.2 Å². The van der Waals surface area contributed by atoms with E-state index in [0.717, 1.165) is 34.6 Å². The maximum Gasteiger partial charge on any atom is 0.251 e. The summed E-state index contributed by atoms with van der Waals surface area (Å²) in [5, 5.41) is 9.10. The van der Waals surface area contributed by atoms with Gasteiger partial charge in [-0.05, 0) is 67.3 Å². The van der Waals surface area contributed by atoms with Gasteiger partial charge in [-0.15, -0.1) is 0 Å². The second-order valence-corrected chi connectivity index (χ2v) is 8.96. The van der Waals surface area contributed by atoms with Gasteiger partial charge in [0.1, 0.15) is 0 Å². The van der Waals surface area contributed by atoms with Crippen molar-refractivity contribution in [3.8, 4) is 11.3 Å². The van der Waals surface area contributed by atoms with Crippen molar-refractivity contribution in [1.29, 1.82) is 0 Å². The SMILES string of the molecule is Cc1ccc(CCNC(=O)c2ccc(Nc3ncc4c(n3)-c3ccccc3NC(=O)C4)cc2)cc1C. The molecule has 3 aromatic carbocycles. The second kappa shape index (κ2) is 10.00. The van der Waals surface area contributed by atoms with E-state index in [0.29, 0.717) is 18.1 Å². The highest BCUT2D eigenvalue weighted by Gasteiger charge is 2.20. The van der Waals surface area contributed by atoms with Crippen molar-refractivity contribution in [2.75, 3.05) is 17.2 Å². The van der Waals surface area contributed by atoms with Gasteiger partial charge in [-0.1, -0.05) is 36.4 Å². The molecule has 7 nitrogen and oxygen atoms in total. The largest absolute Gasteiger partial charge is 0.352 e. The summed E-state index contributed by atoms with van der Waals surface area (Å²) in [4.78, 5) is 33.9. The maximum atomic E-state index is 12.6. The third kappa shape index (κ3) is 5.10. The van der Waals surface area contributed by atoms with Crippen LogP contribution in [0.5, 0.6) is 0 Å². The Bertz CT molecular complexity index is 1450. The molecule has 0 saturated heterocycles. The van der Waals surface area contributed by atoms with E-state index in [9.17, 15) is 9.59 Å². The number of aryl methyl sites for hydroxylation is 2. The number of benzene rings is 3. The zero-order valence-corrected chi connectivity index (χ0v) is 20.3. The molecule has 0 fully saturated rings. The van der Waals surface area contributed by atoms with E-state index in [1.165, 1.54) is 16.7 Å². The summed E-state index contributed by atoms with van der Waals surface area (Å²) >= 11 is 0. The van der Waals surface area contributed by atoms with Gasteiger partial charge in [-0.25, -0.2) is 9.97 Å². The van der Waals surface area contributed by atoms with Crippen LogP contribution in [0.15, 0.2) is 72.9 Å². The summed E-state index contributed by atoms with van der Waals surface area (Å²) in [6.45, 7) is 4.76. The predicted molar refractivity (Wildman–Crippen MR) is 141 cm³/mol. The predicted octanol–water partition coefficient (Wildman–Crippen LogP) is 4.97. The van der Waals surface area contributed by atoms with Crippen molar-refractivity contribution in [2.45, 2.75) is 26.7 Å². The molecule has 0 spiro atoms. The molecular weight excluding hydrogens is 450 g/mol. The number of para-hydroxylation sites is 1. The van der Waals surface area contributed by atoms with Crippen LogP contribution in [0.3, 0.4) is 0 Å². The Morgan fingerprint density at radius 1 is 1.00 bits per heavy atom. The minimum Gasteiger partial charge on any atom is -0.352 e. The fourth-order valence-electron chi connectivity index (χ4n) is 4.21. The van der Waals surface area contributed by atoms with Gasteiger partial charge < -0.3 is 16.0 Å². The number of rotatable bonds is 6.